The van der Waals surface area contributed by atoms with Crippen LogP contribution in [0.15, 0.2) is 36.4 Å². The van der Waals surface area contributed by atoms with Crippen LogP contribution in [0.5, 0.6) is 0 Å². The molecule has 2 aromatic rings. The van der Waals surface area contributed by atoms with Gasteiger partial charge in [-0.2, -0.15) is 4.39 Å². The predicted molar refractivity (Wildman–Crippen MR) is 103 cm³/mol. The van der Waals surface area contributed by atoms with E-state index in [4.69, 9.17) is 11.6 Å². The van der Waals surface area contributed by atoms with E-state index in [1.165, 1.54) is 36.8 Å². The molecule has 1 aliphatic carbocycles. The van der Waals surface area contributed by atoms with Crippen molar-refractivity contribution >= 4 is 11.6 Å². The molecule has 0 saturated heterocycles. The van der Waals surface area contributed by atoms with Crippen molar-refractivity contribution in [3.05, 3.63) is 64.2 Å². The zero-order valence-electron chi connectivity index (χ0n) is 15.0. The van der Waals surface area contributed by atoms with Gasteiger partial charge in [-0.1, -0.05) is 61.7 Å². The topological polar surface area (TPSA) is 12.9 Å². The zero-order valence-corrected chi connectivity index (χ0v) is 15.7. The lowest BCUT2D eigenvalue weighted by atomic mass is 9.76. The van der Waals surface area contributed by atoms with Crippen LogP contribution < -0.4 is 0 Å². The van der Waals surface area contributed by atoms with Crippen molar-refractivity contribution in [2.45, 2.75) is 70.1 Å². The van der Waals surface area contributed by atoms with Crippen LogP contribution in [0.25, 0.3) is 0 Å². The predicted octanol–water partition coefficient (Wildman–Crippen LogP) is 7.05. The first-order chi connectivity index (χ1) is 12.2. The fraction of sp³-hybridized carbons (Fsp3) is 0.500. The van der Waals surface area contributed by atoms with E-state index in [0.29, 0.717) is 5.92 Å². The average Bonchev–Trinajstić information content (AvgIpc) is 2.63. The van der Waals surface area contributed by atoms with Gasteiger partial charge in [-0.05, 0) is 67.6 Å². The molecule has 0 aliphatic heterocycles. The number of aromatic nitrogens is 1. The number of benzene rings is 1. The summed E-state index contributed by atoms with van der Waals surface area (Å²) in [5.74, 6) is 0.478. The second kappa shape index (κ2) is 8.80. The van der Waals surface area contributed by atoms with Gasteiger partial charge in [0.1, 0.15) is 5.15 Å². The van der Waals surface area contributed by atoms with Gasteiger partial charge in [0, 0.05) is 5.56 Å². The summed E-state index contributed by atoms with van der Waals surface area (Å²) in [4.78, 5) is 3.76. The number of pyridine rings is 1. The largest absolute Gasteiger partial charge is 0.217 e. The molecular weight excluding hydrogens is 333 g/mol. The fourth-order valence-corrected chi connectivity index (χ4v) is 4.14. The lowest BCUT2D eigenvalue weighted by Gasteiger charge is -2.29. The van der Waals surface area contributed by atoms with Gasteiger partial charge >= 0.3 is 0 Å². The molecule has 0 atom stereocenters. The molecule has 1 aromatic heterocycles. The standard InChI is InChI=1S/C22H27ClFN/c1-2-3-4-5-16-6-8-17(9-7-16)18-10-12-19(13-11-18)20-14-15-21(23)25-22(20)24/h6-9,14-15,18-19H,2-5,10-13H2,1H3. The van der Waals surface area contributed by atoms with Gasteiger partial charge in [-0.3, -0.25) is 0 Å². The van der Waals surface area contributed by atoms with Crippen molar-refractivity contribution in [2.75, 3.05) is 0 Å². The lowest BCUT2D eigenvalue weighted by Crippen LogP contribution is -2.13. The first-order valence-electron chi connectivity index (χ1n) is 9.58. The Morgan fingerprint density at radius 3 is 2.28 bits per heavy atom. The Morgan fingerprint density at radius 1 is 0.960 bits per heavy atom. The number of nitrogens with zero attached hydrogens (tertiary/aromatic N) is 1. The Bertz CT molecular complexity index is 675. The SMILES string of the molecule is CCCCCc1ccc(C2CCC(c3ccc(Cl)nc3F)CC2)cc1. The third-order valence-electron chi connectivity index (χ3n) is 5.53. The molecule has 0 spiro atoms. The van der Waals surface area contributed by atoms with E-state index >= 15 is 0 Å². The summed E-state index contributed by atoms with van der Waals surface area (Å²) in [6, 6.07) is 12.7. The third kappa shape index (κ3) is 4.82. The summed E-state index contributed by atoms with van der Waals surface area (Å²) in [7, 11) is 0. The average molecular weight is 360 g/mol. The first kappa shape index (κ1) is 18.4. The van der Waals surface area contributed by atoms with Crippen molar-refractivity contribution in [3.63, 3.8) is 0 Å². The monoisotopic (exact) mass is 359 g/mol. The van der Waals surface area contributed by atoms with Crippen LogP contribution in [-0.2, 0) is 6.42 Å². The second-order valence-electron chi connectivity index (χ2n) is 7.26. The number of aryl methyl sites for hydroxylation is 1. The summed E-state index contributed by atoms with van der Waals surface area (Å²) in [5.41, 5.74) is 3.61. The molecule has 0 unspecified atom stereocenters. The summed E-state index contributed by atoms with van der Waals surface area (Å²) in [6.45, 7) is 2.24. The quantitative estimate of drug-likeness (QED) is 0.397. The highest BCUT2D eigenvalue weighted by atomic mass is 35.5. The number of hydrogen-bond donors (Lipinski definition) is 0. The maximum absolute atomic E-state index is 14.0. The summed E-state index contributed by atoms with van der Waals surface area (Å²) in [5, 5.41) is 0.231. The molecule has 3 rings (SSSR count). The summed E-state index contributed by atoms with van der Waals surface area (Å²) < 4.78 is 14.0. The molecule has 0 bridgehead atoms. The van der Waals surface area contributed by atoms with Crippen LogP contribution in [0.3, 0.4) is 0 Å². The Labute approximate surface area is 155 Å². The molecule has 1 aliphatic rings. The highest BCUT2D eigenvalue weighted by molar-refractivity contribution is 6.29. The molecule has 0 N–H and O–H groups in total. The van der Waals surface area contributed by atoms with Gasteiger partial charge in [-0.25, -0.2) is 4.98 Å². The molecule has 1 nitrogen and oxygen atoms in total. The van der Waals surface area contributed by atoms with Crippen molar-refractivity contribution in [3.8, 4) is 0 Å². The van der Waals surface area contributed by atoms with Crippen molar-refractivity contribution in [1.82, 2.24) is 4.98 Å². The van der Waals surface area contributed by atoms with Gasteiger partial charge in [0.05, 0.1) is 0 Å². The Balaban J connectivity index is 1.56. The Morgan fingerprint density at radius 2 is 1.64 bits per heavy atom. The number of halogens is 2. The Kier molecular flexibility index (Phi) is 6.47. The molecule has 134 valence electrons. The van der Waals surface area contributed by atoms with Gasteiger partial charge in [0.25, 0.3) is 0 Å². The van der Waals surface area contributed by atoms with E-state index in [9.17, 15) is 4.39 Å². The van der Waals surface area contributed by atoms with Crippen LogP contribution in [0.2, 0.25) is 5.15 Å². The van der Waals surface area contributed by atoms with Gasteiger partial charge in [0.2, 0.25) is 5.95 Å². The van der Waals surface area contributed by atoms with E-state index in [1.807, 2.05) is 0 Å². The van der Waals surface area contributed by atoms with E-state index in [-0.39, 0.29) is 11.1 Å². The van der Waals surface area contributed by atoms with Gasteiger partial charge in [-0.15, -0.1) is 0 Å². The maximum atomic E-state index is 14.0. The van der Waals surface area contributed by atoms with Crippen molar-refractivity contribution < 1.29 is 4.39 Å². The molecule has 25 heavy (non-hydrogen) atoms. The summed E-state index contributed by atoms with van der Waals surface area (Å²) in [6.07, 6.45) is 9.30. The van der Waals surface area contributed by atoms with Gasteiger partial charge < -0.3 is 0 Å². The normalized spacial score (nSPS) is 20.6. The lowest BCUT2D eigenvalue weighted by molar-refractivity contribution is 0.384. The second-order valence-corrected chi connectivity index (χ2v) is 7.65. The molecule has 0 radical (unpaired) electrons. The highest BCUT2D eigenvalue weighted by Crippen LogP contribution is 2.41. The minimum atomic E-state index is -0.396. The fourth-order valence-electron chi connectivity index (χ4n) is 4.00. The minimum absolute atomic E-state index is 0.231. The molecule has 1 aromatic carbocycles. The molecule has 0 amide bonds. The van der Waals surface area contributed by atoms with Crippen LogP contribution in [0.1, 0.15) is 80.4 Å². The van der Waals surface area contributed by atoms with Crippen LogP contribution in [0, 0.1) is 5.95 Å². The smallest absolute Gasteiger partial charge is 0.208 e. The van der Waals surface area contributed by atoms with Crippen molar-refractivity contribution in [1.29, 1.82) is 0 Å². The maximum Gasteiger partial charge on any atom is 0.217 e. The molecule has 3 heteroatoms. The van der Waals surface area contributed by atoms with Crippen LogP contribution >= 0.6 is 11.6 Å². The molecule has 1 saturated carbocycles. The molecular formula is C22H27ClFN. The first-order valence-corrected chi connectivity index (χ1v) is 9.96. The third-order valence-corrected chi connectivity index (χ3v) is 5.74. The van der Waals surface area contributed by atoms with E-state index in [0.717, 1.165) is 31.2 Å². The zero-order chi connectivity index (χ0) is 17.6. The van der Waals surface area contributed by atoms with Gasteiger partial charge in [0.15, 0.2) is 0 Å². The van der Waals surface area contributed by atoms with E-state index in [2.05, 4.69) is 36.2 Å². The van der Waals surface area contributed by atoms with Crippen LogP contribution in [0.4, 0.5) is 4.39 Å². The van der Waals surface area contributed by atoms with Crippen LogP contribution in [-0.4, -0.2) is 4.98 Å². The summed E-state index contributed by atoms with van der Waals surface area (Å²) >= 11 is 5.76. The molecule has 1 heterocycles. The molecule has 1 fully saturated rings. The highest BCUT2D eigenvalue weighted by Gasteiger charge is 2.25. The Hall–Kier alpha value is -1.41. The number of unbranched alkanes of at least 4 members (excludes halogenated alkanes) is 2. The van der Waals surface area contributed by atoms with Crippen molar-refractivity contribution in [2.24, 2.45) is 0 Å². The minimum Gasteiger partial charge on any atom is -0.208 e. The number of rotatable bonds is 6. The number of hydrogen-bond acceptors (Lipinski definition) is 1. The van der Waals surface area contributed by atoms with E-state index in [1.54, 1.807) is 12.1 Å². The van der Waals surface area contributed by atoms with E-state index < -0.39 is 5.95 Å².